The molecule has 14 heavy (non-hydrogen) atoms. The van der Waals surface area contributed by atoms with E-state index in [2.05, 4.69) is 10.3 Å². The molecular weight excluding hydrogens is 180 g/mol. The topological polar surface area (TPSA) is 51.2 Å². The summed E-state index contributed by atoms with van der Waals surface area (Å²) in [6.45, 7) is 1.75. The highest BCUT2D eigenvalue weighted by Crippen LogP contribution is 2.06. The quantitative estimate of drug-likeness (QED) is 0.702. The van der Waals surface area contributed by atoms with Crippen LogP contribution in [0.5, 0.6) is 0 Å². The van der Waals surface area contributed by atoms with E-state index in [4.69, 9.17) is 4.74 Å². The Kier molecular flexibility index (Phi) is 2.74. The van der Waals surface area contributed by atoms with Crippen LogP contribution in [-0.4, -0.2) is 24.0 Å². The van der Waals surface area contributed by atoms with Crippen molar-refractivity contribution < 1.29 is 9.53 Å². The van der Waals surface area contributed by atoms with Crippen molar-refractivity contribution in [1.82, 2.24) is 10.3 Å². The number of esters is 1. The van der Waals surface area contributed by atoms with Gasteiger partial charge in [-0.15, -0.1) is 0 Å². The Balaban J connectivity index is 1.79. The van der Waals surface area contributed by atoms with Gasteiger partial charge in [-0.25, -0.2) is 0 Å². The second kappa shape index (κ2) is 4.19. The standard InChI is InChI=1S/C10H12N2O2/c13-10(8-5-11-6-8)14-7-9-3-1-2-4-12-9/h1-4,8,11H,5-7H2. The number of hydrogen-bond acceptors (Lipinski definition) is 4. The average molecular weight is 192 g/mol. The first-order valence-corrected chi connectivity index (χ1v) is 4.63. The average Bonchev–Trinajstić information content (AvgIpc) is 2.14. The highest BCUT2D eigenvalue weighted by molar-refractivity contribution is 5.73. The smallest absolute Gasteiger partial charge is 0.311 e. The molecule has 1 aliphatic heterocycles. The molecule has 0 bridgehead atoms. The first kappa shape index (κ1) is 9.15. The van der Waals surface area contributed by atoms with E-state index in [9.17, 15) is 4.79 Å². The molecule has 0 saturated carbocycles. The molecule has 0 aromatic carbocycles. The molecule has 1 aliphatic rings. The van der Waals surface area contributed by atoms with E-state index in [1.807, 2.05) is 18.2 Å². The second-order valence-corrected chi connectivity index (χ2v) is 3.28. The summed E-state index contributed by atoms with van der Waals surface area (Å²) >= 11 is 0. The zero-order valence-electron chi connectivity index (χ0n) is 7.77. The van der Waals surface area contributed by atoms with Gasteiger partial charge in [0.1, 0.15) is 6.61 Å². The van der Waals surface area contributed by atoms with Gasteiger partial charge in [-0.3, -0.25) is 9.78 Å². The van der Waals surface area contributed by atoms with Crippen molar-refractivity contribution in [3.8, 4) is 0 Å². The molecule has 0 aliphatic carbocycles. The third-order valence-electron chi connectivity index (χ3n) is 2.20. The number of pyridine rings is 1. The Morgan fingerprint density at radius 2 is 2.43 bits per heavy atom. The van der Waals surface area contributed by atoms with Gasteiger partial charge in [-0.2, -0.15) is 0 Å². The van der Waals surface area contributed by atoms with Crippen molar-refractivity contribution in [2.24, 2.45) is 5.92 Å². The number of aromatic nitrogens is 1. The summed E-state index contributed by atoms with van der Waals surface area (Å²) in [5, 5.41) is 3.02. The third kappa shape index (κ3) is 2.09. The van der Waals surface area contributed by atoms with Crippen LogP contribution in [0.25, 0.3) is 0 Å². The van der Waals surface area contributed by atoms with Crippen LogP contribution in [0.4, 0.5) is 0 Å². The first-order chi connectivity index (χ1) is 6.86. The summed E-state index contributed by atoms with van der Waals surface area (Å²) < 4.78 is 5.09. The van der Waals surface area contributed by atoms with Crippen LogP contribution in [0.2, 0.25) is 0 Å². The monoisotopic (exact) mass is 192 g/mol. The number of rotatable bonds is 3. The third-order valence-corrected chi connectivity index (χ3v) is 2.20. The SMILES string of the molecule is O=C(OCc1ccccn1)C1CNC1. The molecule has 1 N–H and O–H groups in total. The fourth-order valence-electron chi connectivity index (χ4n) is 1.20. The molecule has 1 aromatic rings. The number of nitrogens with zero attached hydrogens (tertiary/aromatic N) is 1. The molecule has 1 aromatic heterocycles. The van der Waals surface area contributed by atoms with Crippen LogP contribution >= 0.6 is 0 Å². The molecule has 2 rings (SSSR count). The highest BCUT2D eigenvalue weighted by Gasteiger charge is 2.26. The van der Waals surface area contributed by atoms with E-state index in [1.54, 1.807) is 6.20 Å². The number of hydrogen-bond donors (Lipinski definition) is 1. The van der Waals surface area contributed by atoms with E-state index in [-0.39, 0.29) is 18.5 Å². The Morgan fingerprint density at radius 1 is 1.57 bits per heavy atom. The zero-order chi connectivity index (χ0) is 9.80. The van der Waals surface area contributed by atoms with E-state index in [0.29, 0.717) is 0 Å². The normalized spacial score (nSPS) is 16.0. The Bertz CT molecular complexity index is 309. The maximum Gasteiger partial charge on any atom is 0.311 e. The number of nitrogens with one attached hydrogen (secondary N) is 1. The van der Waals surface area contributed by atoms with Crippen LogP contribution in [-0.2, 0) is 16.1 Å². The van der Waals surface area contributed by atoms with Crippen LogP contribution in [0.1, 0.15) is 5.69 Å². The molecule has 1 saturated heterocycles. The molecule has 1 fully saturated rings. The first-order valence-electron chi connectivity index (χ1n) is 4.63. The molecular formula is C10H12N2O2. The summed E-state index contributed by atoms with van der Waals surface area (Å²) in [6, 6.07) is 5.55. The van der Waals surface area contributed by atoms with Gasteiger partial charge in [-0.1, -0.05) is 6.07 Å². The molecule has 2 heterocycles. The van der Waals surface area contributed by atoms with Crippen molar-refractivity contribution in [3.63, 3.8) is 0 Å². The molecule has 0 amide bonds. The van der Waals surface area contributed by atoms with Crippen molar-refractivity contribution >= 4 is 5.97 Å². The minimum Gasteiger partial charge on any atom is -0.459 e. The van der Waals surface area contributed by atoms with Crippen LogP contribution in [0.15, 0.2) is 24.4 Å². The van der Waals surface area contributed by atoms with Gasteiger partial charge in [0, 0.05) is 19.3 Å². The van der Waals surface area contributed by atoms with E-state index in [0.717, 1.165) is 18.8 Å². The van der Waals surface area contributed by atoms with Gasteiger partial charge in [0.05, 0.1) is 11.6 Å². The minimum atomic E-state index is -0.130. The Hall–Kier alpha value is -1.42. The predicted molar refractivity (Wildman–Crippen MR) is 50.4 cm³/mol. The van der Waals surface area contributed by atoms with E-state index in [1.165, 1.54) is 0 Å². The lowest BCUT2D eigenvalue weighted by Gasteiger charge is -2.24. The number of carbonyl (C=O) groups excluding carboxylic acids is 1. The molecule has 0 radical (unpaired) electrons. The molecule has 4 nitrogen and oxygen atoms in total. The summed E-state index contributed by atoms with van der Waals surface area (Å²) in [6.07, 6.45) is 1.69. The van der Waals surface area contributed by atoms with Gasteiger partial charge in [-0.05, 0) is 12.1 Å². The zero-order valence-corrected chi connectivity index (χ0v) is 7.77. The van der Waals surface area contributed by atoms with Crippen molar-refractivity contribution in [2.45, 2.75) is 6.61 Å². The maximum absolute atomic E-state index is 11.3. The Labute approximate surface area is 82.3 Å². The van der Waals surface area contributed by atoms with E-state index < -0.39 is 0 Å². The highest BCUT2D eigenvalue weighted by atomic mass is 16.5. The molecule has 0 spiro atoms. The molecule has 0 unspecified atom stereocenters. The lowest BCUT2D eigenvalue weighted by Crippen LogP contribution is -2.47. The lowest BCUT2D eigenvalue weighted by atomic mass is 10.0. The minimum absolute atomic E-state index is 0.0405. The molecule has 4 heteroatoms. The summed E-state index contributed by atoms with van der Waals surface area (Å²) in [5.41, 5.74) is 0.785. The van der Waals surface area contributed by atoms with Gasteiger partial charge in [0.15, 0.2) is 0 Å². The fourth-order valence-corrected chi connectivity index (χ4v) is 1.20. The maximum atomic E-state index is 11.3. The molecule has 0 atom stereocenters. The summed E-state index contributed by atoms with van der Waals surface area (Å²) in [4.78, 5) is 15.4. The molecule has 74 valence electrons. The lowest BCUT2D eigenvalue weighted by molar-refractivity contribution is -0.151. The fraction of sp³-hybridized carbons (Fsp3) is 0.400. The van der Waals surface area contributed by atoms with Crippen LogP contribution < -0.4 is 5.32 Å². The van der Waals surface area contributed by atoms with Crippen LogP contribution in [0, 0.1) is 5.92 Å². The predicted octanol–water partition coefficient (Wildman–Crippen LogP) is 0.344. The van der Waals surface area contributed by atoms with Crippen molar-refractivity contribution in [3.05, 3.63) is 30.1 Å². The van der Waals surface area contributed by atoms with Crippen molar-refractivity contribution in [1.29, 1.82) is 0 Å². The van der Waals surface area contributed by atoms with Gasteiger partial charge in [0.25, 0.3) is 0 Å². The van der Waals surface area contributed by atoms with Gasteiger partial charge in [0.2, 0.25) is 0 Å². The van der Waals surface area contributed by atoms with Crippen LogP contribution in [0.3, 0.4) is 0 Å². The summed E-state index contributed by atoms with van der Waals surface area (Å²) in [7, 11) is 0. The second-order valence-electron chi connectivity index (χ2n) is 3.28. The Morgan fingerprint density at radius 3 is 3.00 bits per heavy atom. The number of ether oxygens (including phenoxy) is 1. The van der Waals surface area contributed by atoms with Crippen molar-refractivity contribution in [2.75, 3.05) is 13.1 Å². The summed E-state index contributed by atoms with van der Waals surface area (Å²) in [5.74, 6) is -0.0897. The van der Waals surface area contributed by atoms with Gasteiger partial charge < -0.3 is 10.1 Å². The number of carbonyl (C=O) groups is 1. The van der Waals surface area contributed by atoms with Gasteiger partial charge >= 0.3 is 5.97 Å². The largest absolute Gasteiger partial charge is 0.459 e. The van der Waals surface area contributed by atoms with E-state index >= 15 is 0 Å².